The van der Waals surface area contributed by atoms with Gasteiger partial charge in [0.15, 0.2) is 0 Å². The van der Waals surface area contributed by atoms with E-state index in [0.29, 0.717) is 6.04 Å². The fraction of sp³-hybridized carbons (Fsp3) is 0.714. The molecule has 0 spiro atoms. The van der Waals surface area contributed by atoms with Gasteiger partial charge in [0.25, 0.3) is 0 Å². The zero-order valence-electron chi connectivity index (χ0n) is 15.1. The van der Waals surface area contributed by atoms with Crippen LogP contribution < -0.4 is 5.73 Å². The first-order chi connectivity index (χ1) is 11.1. The van der Waals surface area contributed by atoms with Gasteiger partial charge in [0, 0.05) is 19.1 Å². The molecule has 128 valence electrons. The Hall–Kier alpha value is -0.860. The van der Waals surface area contributed by atoms with Gasteiger partial charge in [-0.25, -0.2) is 0 Å². The van der Waals surface area contributed by atoms with E-state index in [1.807, 2.05) is 0 Å². The second-order valence-electron chi connectivity index (χ2n) is 8.11. The van der Waals surface area contributed by atoms with Gasteiger partial charge in [0.05, 0.1) is 0 Å². The first-order valence-corrected chi connectivity index (χ1v) is 9.66. The Bertz CT molecular complexity index is 505. The summed E-state index contributed by atoms with van der Waals surface area (Å²) in [5, 5.41) is 0. The lowest BCUT2D eigenvalue weighted by atomic mass is 9.86. The molecule has 2 heteroatoms. The molecule has 1 saturated heterocycles. The van der Waals surface area contributed by atoms with Crippen molar-refractivity contribution in [2.75, 3.05) is 13.1 Å². The Morgan fingerprint density at radius 3 is 2.61 bits per heavy atom. The summed E-state index contributed by atoms with van der Waals surface area (Å²) in [6.07, 6.45) is 9.52. The number of aryl methyl sites for hydroxylation is 2. The molecule has 23 heavy (non-hydrogen) atoms. The van der Waals surface area contributed by atoms with Crippen molar-refractivity contribution in [1.29, 1.82) is 0 Å². The van der Waals surface area contributed by atoms with Crippen LogP contribution in [0.15, 0.2) is 18.2 Å². The van der Waals surface area contributed by atoms with Crippen molar-refractivity contribution in [1.82, 2.24) is 4.90 Å². The lowest BCUT2D eigenvalue weighted by Gasteiger charge is -2.35. The molecule has 0 aromatic heterocycles. The lowest BCUT2D eigenvalue weighted by molar-refractivity contribution is 0.150. The van der Waals surface area contributed by atoms with Gasteiger partial charge in [-0.1, -0.05) is 31.0 Å². The minimum atomic E-state index is 0.448. The van der Waals surface area contributed by atoms with Crippen LogP contribution >= 0.6 is 0 Å². The molecule has 1 aromatic carbocycles. The molecule has 2 atom stereocenters. The third-order valence-electron chi connectivity index (χ3n) is 6.19. The normalized spacial score (nSPS) is 24.9. The van der Waals surface area contributed by atoms with Crippen LogP contribution in [0.1, 0.15) is 61.6 Å². The summed E-state index contributed by atoms with van der Waals surface area (Å²) in [6, 6.07) is 7.38. The molecule has 1 aliphatic carbocycles. The van der Waals surface area contributed by atoms with Gasteiger partial charge in [-0.2, -0.15) is 0 Å². The minimum absolute atomic E-state index is 0.448. The molecule has 2 fully saturated rings. The topological polar surface area (TPSA) is 29.3 Å². The number of hydrogen-bond donors (Lipinski definition) is 1. The largest absolute Gasteiger partial charge is 0.327 e. The average Bonchev–Trinajstić information content (AvgIpc) is 3.06. The van der Waals surface area contributed by atoms with Crippen LogP contribution in [-0.2, 0) is 6.54 Å². The SMILES string of the molecule is Cc1ccc(CN2CCCC(CC(N)C3CCCC3)C2)cc1C. The summed E-state index contributed by atoms with van der Waals surface area (Å²) in [4.78, 5) is 2.65. The van der Waals surface area contributed by atoms with E-state index >= 15 is 0 Å². The highest BCUT2D eigenvalue weighted by Crippen LogP contribution is 2.31. The van der Waals surface area contributed by atoms with Gasteiger partial charge in [-0.3, -0.25) is 4.90 Å². The van der Waals surface area contributed by atoms with Crippen LogP contribution in [0.2, 0.25) is 0 Å². The van der Waals surface area contributed by atoms with Crippen LogP contribution in [0.4, 0.5) is 0 Å². The number of nitrogens with two attached hydrogens (primary N) is 1. The van der Waals surface area contributed by atoms with Gasteiger partial charge < -0.3 is 5.73 Å². The molecular weight excluding hydrogens is 280 g/mol. The molecular formula is C21H34N2. The Morgan fingerprint density at radius 2 is 1.87 bits per heavy atom. The Labute approximate surface area is 142 Å². The number of rotatable bonds is 5. The van der Waals surface area contributed by atoms with E-state index < -0.39 is 0 Å². The van der Waals surface area contributed by atoms with Gasteiger partial charge in [0.1, 0.15) is 0 Å². The van der Waals surface area contributed by atoms with Gasteiger partial charge in [-0.15, -0.1) is 0 Å². The number of hydrogen-bond acceptors (Lipinski definition) is 2. The highest BCUT2D eigenvalue weighted by atomic mass is 15.1. The van der Waals surface area contributed by atoms with Crippen molar-refractivity contribution in [3.63, 3.8) is 0 Å². The molecule has 2 aliphatic rings. The number of nitrogens with zero attached hydrogens (tertiary/aromatic N) is 1. The van der Waals surface area contributed by atoms with Crippen LogP contribution in [0.3, 0.4) is 0 Å². The third kappa shape index (κ3) is 4.58. The first-order valence-electron chi connectivity index (χ1n) is 9.66. The van der Waals surface area contributed by atoms with Crippen molar-refractivity contribution in [3.8, 4) is 0 Å². The van der Waals surface area contributed by atoms with Crippen molar-refractivity contribution in [2.45, 2.75) is 71.4 Å². The van der Waals surface area contributed by atoms with E-state index in [0.717, 1.165) is 18.4 Å². The molecule has 1 aromatic rings. The third-order valence-corrected chi connectivity index (χ3v) is 6.19. The summed E-state index contributed by atoms with van der Waals surface area (Å²) in [5.41, 5.74) is 10.8. The molecule has 1 aliphatic heterocycles. The Kier molecular flexibility index (Phi) is 5.76. The molecule has 1 saturated carbocycles. The summed E-state index contributed by atoms with van der Waals surface area (Å²) in [5.74, 6) is 1.62. The fourth-order valence-corrected chi connectivity index (χ4v) is 4.61. The molecule has 2 N–H and O–H groups in total. The van der Waals surface area contributed by atoms with Crippen LogP contribution in [-0.4, -0.2) is 24.0 Å². The highest BCUT2D eigenvalue weighted by molar-refractivity contribution is 5.29. The van der Waals surface area contributed by atoms with E-state index in [2.05, 4.69) is 36.9 Å². The predicted molar refractivity (Wildman–Crippen MR) is 98.5 cm³/mol. The minimum Gasteiger partial charge on any atom is -0.327 e. The monoisotopic (exact) mass is 314 g/mol. The maximum atomic E-state index is 6.53. The Morgan fingerprint density at radius 1 is 1.09 bits per heavy atom. The van der Waals surface area contributed by atoms with Crippen LogP contribution in [0.5, 0.6) is 0 Å². The van der Waals surface area contributed by atoms with Crippen molar-refractivity contribution in [2.24, 2.45) is 17.6 Å². The van der Waals surface area contributed by atoms with E-state index in [1.54, 1.807) is 0 Å². The molecule has 1 heterocycles. The number of piperidine rings is 1. The quantitative estimate of drug-likeness (QED) is 0.871. The van der Waals surface area contributed by atoms with Gasteiger partial charge >= 0.3 is 0 Å². The summed E-state index contributed by atoms with van der Waals surface area (Å²) in [7, 11) is 0. The number of benzene rings is 1. The summed E-state index contributed by atoms with van der Waals surface area (Å²) >= 11 is 0. The summed E-state index contributed by atoms with van der Waals surface area (Å²) < 4.78 is 0. The highest BCUT2D eigenvalue weighted by Gasteiger charge is 2.27. The zero-order valence-corrected chi connectivity index (χ0v) is 15.1. The lowest BCUT2D eigenvalue weighted by Crippen LogP contribution is -2.39. The second kappa shape index (κ2) is 7.81. The summed E-state index contributed by atoms with van der Waals surface area (Å²) in [6.45, 7) is 8.02. The van der Waals surface area contributed by atoms with E-state index in [1.165, 1.54) is 74.7 Å². The molecule has 0 radical (unpaired) electrons. The molecule has 3 rings (SSSR count). The molecule has 0 amide bonds. The standard InChI is InChI=1S/C21H34N2/c1-16-9-10-19(12-17(16)2)15-23-11-5-6-18(14-23)13-21(22)20-7-3-4-8-20/h9-10,12,18,20-21H,3-8,11,13-15,22H2,1-2H3. The van der Waals surface area contributed by atoms with Crippen molar-refractivity contribution < 1.29 is 0 Å². The molecule has 0 bridgehead atoms. The van der Waals surface area contributed by atoms with E-state index in [9.17, 15) is 0 Å². The molecule has 2 unspecified atom stereocenters. The average molecular weight is 315 g/mol. The predicted octanol–water partition coefficient (Wildman–Crippen LogP) is 4.42. The smallest absolute Gasteiger partial charge is 0.0233 e. The van der Waals surface area contributed by atoms with Crippen LogP contribution in [0.25, 0.3) is 0 Å². The van der Waals surface area contributed by atoms with E-state index in [-0.39, 0.29) is 0 Å². The Balaban J connectivity index is 1.52. The zero-order chi connectivity index (χ0) is 16.2. The fourth-order valence-electron chi connectivity index (χ4n) is 4.61. The number of likely N-dealkylation sites (tertiary alicyclic amines) is 1. The maximum Gasteiger partial charge on any atom is 0.0233 e. The van der Waals surface area contributed by atoms with Crippen molar-refractivity contribution in [3.05, 3.63) is 34.9 Å². The van der Waals surface area contributed by atoms with E-state index in [4.69, 9.17) is 5.73 Å². The van der Waals surface area contributed by atoms with Gasteiger partial charge in [-0.05, 0) is 81.0 Å². The van der Waals surface area contributed by atoms with Gasteiger partial charge in [0.2, 0.25) is 0 Å². The van der Waals surface area contributed by atoms with Crippen LogP contribution in [0, 0.1) is 25.7 Å². The second-order valence-corrected chi connectivity index (χ2v) is 8.11. The van der Waals surface area contributed by atoms with Crippen molar-refractivity contribution >= 4 is 0 Å². The first kappa shape index (κ1) is 17.0. The maximum absolute atomic E-state index is 6.53. The molecule has 2 nitrogen and oxygen atoms in total.